The number of esters is 1. The zero-order chi connectivity index (χ0) is 15.3. The SMILES string of the molecule is COC(=O)CCN(C)C(=O)c1cc(C)cc([N+](=O)[O-])c1. The van der Waals surface area contributed by atoms with Crippen LogP contribution in [0.3, 0.4) is 0 Å². The largest absolute Gasteiger partial charge is 0.469 e. The van der Waals surface area contributed by atoms with Gasteiger partial charge >= 0.3 is 5.97 Å². The van der Waals surface area contributed by atoms with Gasteiger partial charge in [0.15, 0.2) is 0 Å². The topological polar surface area (TPSA) is 89.8 Å². The van der Waals surface area contributed by atoms with Gasteiger partial charge in [-0.25, -0.2) is 0 Å². The number of ether oxygens (including phenoxy) is 1. The van der Waals surface area contributed by atoms with E-state index < -0.39 is 10.9 Å². The lowest BCUT2D eigenvalue weighted by Crippen LogP contribution is -2.29. The third-order valence-corrected chi connectivity index (χ3v) is 2.75. The van der Waals surface area contributed by atoms with Gasteiger partial charge in [0, 0.05) is 31.3 Å². The molecule has 7 heteroatoms. The number of rotatable bonds is 5. The Kier molecular flexibility index (Phi) is 5.19. The van der Waals surface area contributed by atoms with Crippen molar-refractivity contribution in [1.82, 2.24) is 4.90 Å². The number of carbonyl (C=O) groups excluding carboxylic acids is 2. The van der Waals surface area contributed by atoms with Crippen molar-refractivity contribution in [2.75, 3.05) is 20.7 Å². The van der Waals surface area contributed by atoms with E-state index >= 15 is 0 Å². The highest BCUT2D eigenvalue weighted by Gasteiger charge is 2.17. The number of nitrogens with zero attached hydrogens (tertiary/aromatic N) is 2. The lowest BCUT2D eigenvalue weighted by atomic mass is 10.1. The molecule has 0 bridgehead atoms. The standard InChI is InChI=1S/C13H16N2O5/c1-9-6-10(8-11(7-9)15(18)19)13(17)14(2)5-4-12(16)20-3/h6-8H,4-5H2,1-3H3. The number of nitro benzene ring substituents is 1. The quantitative estimate of drug-likeness (QED) is 0.463. The zero-order valence-corrected chi connectivity index (χ0v) is 11.6. The highest BCUT2D eigenvalue weighted by molar-refractivity contribution is 5.95. The molecule has 0 radical (unpaired) electrons. The van der Waals surface area contributed by atoms with Gasteiger partial charge in [0.25, 0.3) is 11.6 Å². The first-order valence-corrected chi connectivity index (χ1v) is 5.93. The van der Waals surface area contributed by atoms with Gasteiger partial charge in [-0.05, 0) is 18.6 Å². The smallest absolute Gasteiger partial charge is 0.307 e. The predicted molar refractivity (Wildman–Crippen MR) is 71.4 cm³/mol. The fraction of sp³-hybridized carbons (Fsp3) is 0.385. The molecule has 0 unspecified atom stereocenters. The molecule has 0 aliphatic rings. The molecule has 0 spiro atoms. The van der Waals surface area contributed by atoms with E-state index in [1.807, 2.05) is 0 Å². The lowest BCUT2D eigenvalue weighted by Gasteiger charge is -2.16. The number of benzene rings is 1. The Hall–Kier alpha value is -2.44. The van der Waals surface area contributed by atoms with Crippen molar-refractivity contribution >= 4 is 17.6 Å². The third-order valence-electron chi connectivity index (χ3n) is 2.75. The number of hydrogen-bond donors (Lipinski definition) is 0. The van der Waals surface area contributed by atoms with Gasteiger partial charge in [-0.2, -0.15) is 0 Å². The van der Waals surface area contributed by atoms with Crippen LogP contribution < -0.4 is 0 Å². The summed E-state index contributed by atoms with van der Waals surface area (Å²) < 4.78 is 4.49. The number of hydrogen-bond acceptors (Lipinski definition) is 5. The average molecular weight is 280 g/mol. The van der Waals surface area contributed by atoms with Crippen molar-refractivity contribution in [2.45, 2.75) is 13.3 Å². The Bertz CT molecular complexity index is 542. The summed E-state index contributed by atoms with van der Waals surface area (Å²) in [6.45, 7) is 1.87. The number of non-ortho nitro benzene ring substituents is 1. The molecule has 20 heavy (non-hydrogen) atoms. The van der Waals surface area contributed by atoms with Gasteiger partial charge < -0.3 is 9.64 Å². The number of nitro groups is 1. The van der Waals surface area contributed by atoms with E-state index in [0.717, 1.165) is 0 Å². The Morgan fingerprint density at radius 1 is 1.35 bits per heavy atom. The minimum atomic E-state index is -0.543. The second-order valence-corrected chi connectivity index (χ2v) is 4.37. The second kappa shape index (κ2) is 6.65. The second-order valence-electron chi connectivity index (χ2n) is 4.37. The molecular weight excluding hydrogens is 264 g/mol. The van der Waals surface area contributed by atoms with Crippen LogP contribution in [-0.2, 0) is 9.53 Å². The Labute approximate surface area is 116 Å². The predicted octanol–water partition coefficient (Wildman–Crippen LogP) is 1.54. The molecule has 0 aliphatic carbocycles. The molecule has 0 saturated carbocycles. The summed E-state index contributed by atoms with van der Waals surface area (Å²) in [6.07, 6.45) is 0.0760. The van der Waals surface area contributed by atoms with Crippen molar-refractivity contribution in [3.05, 3.63) is 39.4 Å². The maximum atomic E-state index is 12.1. The van der Waals surface area contributed by atoms with Crippen molar-refractivity contribution < 1.29 is 19.2 Å². The molecule has 1 rings (SSSR count). The summed E-state index contributed by atoms with van der Waals surface area (Å²) in [5, 5.41) is 10.8. The maximum absolute atomic E-state index is 12.1. The van der Waals surface area contributed by atoms with Crippen LogP contribution in [0.1, 0.15) is 22.3 Å². The first-order chi connectivity index (χ1) is 9.35. The molecule has 0 aliphatic heterocycles. The molecule has 0 atom stereocenters. The molecule has 1 amide bonds. The van der Waals surface area contributed by atoms with Crippen LogP contribution in [0.25, 0.3) is 0 Å². The summed E-state index contributed by atoms with van der Waals surface area (Å²) in [5.74, 6) is -0.791. The van der Waals surface area contributed by atoms with Crippen LogP contribution in [0, 0.1) is 17.0 Å². The monoisotopic (exact) mass is 280 g/mol. The van der Waals surface area contributed by atoms with Crippen molar-refractivity contribution in [3.8, 4) is 0 Å². The van der Waals surface area contributed by atoms with Crippen LogP contribution >= 0.6 is 0 Å². The van der Waals surface area contributed by atoms with Gasteiger partial charge in [-0.3, -0.25) is 19.7 Å². The molecule has 0 heterocycles. The molecule has 1 aromatic rings. The average Bonchev–Trinajstić information content (AvgIpc) is 2.42. The first-order valence-electron chi connectivity index (χ1n) is 5.93. The van der Waals surface area contributed by atoms with Gasteiger partial charge in [0.2, 0.25) is 0 Å². The molecule has 0 fully saturated rings. The van der Waals surface area contributed by atoms with Gasteiger partial charge in [-0.1, -0.05) is 0 Å². The van der Waals surface area contributed by atoms with Gasteiger partial charge in [0.05, 0.1) is 18.5 Å². The van der Waals surface area contributed by atoms with E-state index in [1.165, 1.54) is 31.2 Å². The third kappa shape index (κ3) is 4.04. The van der Waals surface area contributed by atoms with E-state index in [0.29, 0.717) is 5.56 Å². The molecule has 7 nitrogen and oxygen atoms in total. The minimum Gasteiger partial charge on any atom is -0.469 e. The van der Waals surface area contributed by atoms with Crippen LogP contribution in [0.4, 0.5) is 5.69 Å². The van der Waals surface area contributed by atoms with Crippen molar-refractivity contribution in [3.63, 3.8) is 0 Å². The summed E-state index contributed by atoms with van der Waals surface area (Å²) in [5.41, 5.74) is 0.725. The summed E-state index contributed by atoms with van der Waals surface area (Å²) in [4.78, 5) is 34.7. The van der Waals surface area contributed by atoms with Crippen molar-refractivity contribution in [1.29, 1.82) is 0 Å². The highest BCUT2D eigenvalue weighted by Crippen LogP contribution is 2.17. The number of aryl methyl sites for hydroxylation is 1. The number of carbonyl (C=O) groups is 2. The number of amides is 1. The fourth-order valence-corrected chi connectivity index (χ4v) is 1.67. The Balaban J connectivity index is 2.86. The minimum absolute atomic E-state index is 0.0760. The van der Waals surface area contributed by atoms with E-state index in [2.05, 4.69) is 4.74 Å². The summed E-state index contributed by atoms with van der Waals surface area (Å²) in [6, 6.07) is 4.19. The van der Waals surface area contributed by atoms with E-state index in [4.69, 9.17) is 0 Å². The zero-order valence-electron chi connectivity index (χ0n) is 11.6. The molecule has 0 aromatic heterocycles. The molecule has 0 N–H and O–H groups in total. The van der Waals surface area contributed by atoms with Crippen LogP contribution in [-0.4, -0.2) is 42.4 Å². The number of methoxy groups -OCH3 is 1. The van der Waals surface area contributed by atoms with Crippen LogP contribution in [0.2, 0.25) is 0 Å². The Morgan fingerprint density at radius 2 is 2.00 bits per heavy atom. The molecule has 1 aromatic carbocycles. The molecule has 108 valence electrons. The van der Waals surface area contributed by atoms with E-state index in [1.54, 1.807) is 13.0 Å². The van der Waals surface area contributed by atoms with Crippen LogP contribution in [0.5, 0.6) is 0 Å². The van der Waals surface area contributed by atoms with E-state index in [-0.39, 0.29) is 30.1 Å². The van der Waals surface area contributed by atoms with E-state index in [9.17, 15) is 19.7 Å². The Morgan fingerprint density at radius 3 is 2.55 bits per heavy atom. The van der Waals surface area contributed by atoms with Gasteiger partial charge in [0.1, 0.15) is 0 Å². The lowest BCUT2D eigenvalue weighted by molar-refractivity contribution is -0.384. The molecule has 0 saturated heterocycles. The first kappa shape index (κ1) is 15.6. The normalized spacial score (nSPS) is 9.95. The highest BCUT2D eigenvalue weighted by atomic mass is 16.6. The molecular formula is C13H16N2O5. The summed E-state index contributed by atoms with van der Waals surface area (Å²) >= 11 is 0. The van der Waals surface area contributed by atoms with Crippen LogP contribution in [0.15, 0.2) is 18.2 Å². The summed E-state index contributed by atoms with van der Waals surface area (Å²) in [7, 11) is 2.80. The fourth-order valence-electron chi connectivity index (χ4n) is 1.67. The van der Waals surface area contributed by atoms with Crippen molar-refractivity contribution in [2.24, 2.45) is 0 Å². The maximum Gasteiger partial charge on any atom is 0.307 e. The van der Waals surface area contributed by atoms with Gasteiger partial charge in [-0.15, -0.1) is 0 Å².